The highest BCUT2D eigenvalue weighted by Crippen LogP contribution is 2.38. The Hall–Kier alpha value is -3.77. The second-order valence-corrected chi connectivity index (χ2v) is 7.38. The number of nitrogens with two attached hydrogens (primary N) is 1. The predicted octanol–water partition coefficient (Wildman–Crippen LogP) is 4.46. The molecule has 4 N–H and O–H groups in total. The van der Waals surface area contributed by atoms with Crippen LogP contribution in [0.5, 0.6) is 11.5 Å². The monoisotopic (exact) mass is 433 g/mol. The molecule has 4 rings (SSSR count). The summed E-state index contributed by atoms with van der Waals surface area (Å²) >= 11 is 6.46. The molecule has 0 aliphatic heterocycles. The first-order chi connectivity index (χ1) is 15.0. The van der Waals surface area contributed by atoms with Crippen molar-refractivity contribution in [2.45, 2.75) is 6.04 Å². The lowest BCUT2D eigenvalue weighted by atomic mass is 9.95. The molecule has 0 spiro atoms. The molecule has 0 radical (unpaired) electrons. The van der Waals surface area contributed by atoms with E-state index in [1.165, 1.54) is 0 Å². The first kappa shape index (κ1) is 20.5. The molecule has 0 saturated heterocycles. The number of ether oxygens (including phenoxy) is 1. The van der Waals surface area contributed by atoms with Crippen molar-refractivity contribution in [3.05, 3.63) is 95.1 Å². The second-order valence-electron chi connectivity index (χ2n) is 6.97. The van der Waals surface area contributed by atoms with Crippen LogP contribution in [0.3, 0.4) is 0 Å². The number of phenols is 1. The first-order valence-electron chi connectivity index (χ1n) is 9.61. The molecule has 7 heteroatoms. The largest absolute Gasteiger partial charge is 0.505 e. The van der Waals surface area contributed by atoms with Crippen LogP contribution in [0.15, 0.2) is 79.0 Å². The number of anilines is 1. The lowest BCUT2D eigenvalue weighted by molar-refractivity contribution is -0.123. The highest BCUT2D eigenvalue weighted by Gasteiger charge is 2.23. The Bertz CT molecular complexity index is 1230. The molecule has 0 bridgehead atoms. The molecule has 1 unspecified atom stereocenters. The van der Waals surface area contributed by atoms with Crippen LogP contribution >= 0.6 is 11.6 Å². The van der Waals surface area contributed by atoms with Crippen LogP contribution < -0.4 is 15.8 Å². The molecule has 1 aromatic heterocycles. The SMILES string of the molecule is Nc1cccc(C(NC(=O)COc2ccccc2)c2cc(Cl)c3cccnc3c2O)c1. The van der Waals surface area contributed by atoms with Crippen molar-refractivity contribution in [2.75, 3.05) is 12.3 Å². The van der Waals surface area contributed by atoms with Crippen molar-refractivity contribution in [3.8, 4) is 11.5 Å². The fraction of sp³-hybridized carbons (Fsp3) is 0.0833. The predicted molar refractivity (Wildman–Crippen MR) is 121 cm³/mol. The number of aromatic hydroxyl groups is 1. The molecule has 3 aromatic carbocycles. The number of benzene rings is 3. The van der Waals surface area contributed by atoms with Crippen LogP contribution in [0.4, 0.5) is 5.69 Å². The topological polar surface area (TPSA) is 97.5 Å². The van der Waals surface area contributed by atoms with Crippen LogP contribution in [0.2, 0.25) is 5.02 Å². The van der Waals surface area contributed by atoms with Crippen LogP contribution in [0.1, 0.15) is 17.2 Å². The molecular weight excluding hydrogens is 414 g/mol. The van der Waals surface area contributed by atoms with Crippen molar-refractivity contribution in [1.29, 1.82) is 0 Å². The molecule has 6 nitrogen and oxygen atoms in total. The molecule has 1 atom stereocenters. The number of nitrogens with one attached hydrogen (secondary N) is 1. The maximum Gasteiger partial charge on any atom is 0.258 e. The molecule has 1 heterocycles. The normalized spacial score (nSPS) is 11.8. The highest BCUT2D eigenvalue weighted by atomic mass is 35.5. The van der Waals surface area contributed by atoms with E-state index >= 15 is 0 Å². The van der Waals surface area contributed by atoms with Crippen molar-refractivity contribution in [1.82, 2.24) is 10.3 Å². The zero-order chi connectivity index (χ0) is 21.8. The molecular formula is C24H20ClN3O3. The lowest BCUT2D eigenvalue weighted by Gasteiger charge is -2.22. The fourth-order valence-corrected chi connectivity index (χ4v) is 3.64. The molecule has 31 heavy (non-hydrogen) atoms. The van der Waals surface area contributed by atoms with Gasteiger partial charge >= 0.3 is 0 Å². The smallest absolute Gasteiger partial charge is 0.258 e. The quantitative estimate of drug-likeness (QED) is 0.390. The van der Waals surface area contributed by atoms with E-state index in [0.717, 1.165) is 0 Å². The van der Waals surface area contributed by atoms with Gasteiger partial charge in [-0.1, -0.05) is 41.9 Å². The van der Waals surface area contributed by atoms with E-state index in [2.05, 4.69) is 10.3 Å². The third kappa shape index (κ3) is 4.54. The fourth-order valence-electron chi connectivity index (χ4n) is 3.37. The van der Waals surface area contributed by atoms with Gasteiger partial charge < -0.3 is 20.9 Å². The van der Waals surface area contributed by atoms with Gasteiger partial charge in [-0.25, -0.2) is 0 Å². The minimum atomic E-state index is -0.709. The lowest BCUT2D eigenvalue weighted by Crippen LogP contribution is -2.33. The van der Waals surface area contributed by atoms with Gasteiger partial charge in [0.2, 0.25) is 0 Å². The number of hydrogen-bond acceptors (Lipinski definition) is 5. The number of phenolic OH excluding ortho intramolecular Hbond substituents is 1. The standard InChI is InChI=1S/C24H20ClN3O3/c25-20-13-19(24(30)23-18(20)10-5-11-27-23)22(15-6-4-7-16(26)12-15)28-21(29)14-31-17-8-2-1-3-9-17/h1-13,22,30H,14,26H2,(H,28,29). The van der Waals surface area contributed by atoms with E-state index in [9.17, 15) is 9.90 Å². The van der Waals surface area contributed by atoms with Gasteiger partial charge in [0.1, 0.15) is 17.0 Å². The summed E-state index contributed by atoms with van der Waals surface area (Å²) in [6, 6.07) is 20.6. The summed E-state index contributed by atoms with van der Waals surface area (Å²) in [5.74, 6) is 0.156. The van der Waals surface area contributed by atoms with E-state index in [1.54, 1.807) is 54.7 Å². The van der Waals surface area contributed by atoms with E-state index < -0.39 is 6.04 Å². The third-order valence-electron chi connectivity index (χ3n) is 4.82. The Kier molecular flexibility index (Phi) is 5.91. The highest BCUT2D eigenvalue weighted by molar-refractivity contribution is 6.35. The maximum atomic E-state index is 12.7. The summed E-state index contributed by atoms with van der Waals surface area (Å²) in [4.78, 5) is 17.0. The summed E-state index contributed by atoms with van der Waals surface area (Å²) in [5.41, 5.74) is 7.95. The van der Waals surface area contributed by atoms with Crippen molar-refractivity contribution < 1.29 is 14.6 Å². The summed E-state index contributed by atoms with van der Waals surface area (Å²) in [6.45, 7) is -0.191. The molecule has 0 saturated carbocycles. The molecule has 156 valence electrons. The van der Waals surface area contributed by atoms with Crippen LogP contribution in [-0.4, -0.2) is 22.6 Å². The van der Waals surface area contributed by atoms with E-state index in [0.29, 0.717) is 38.5 Å². The Balaban J connectivity index is 1.69. The minimum Gasteiger partial charge on any atom is -0.505 e. The van der Waals surface area contributed by atoms with Gasteiger partial charge in [-0.2, -0.15) is 0 Å². The van der Waals surface area contributed by atoms with Crippen LogP contribution in [0, 0.1) is 0 Å². The number of hydrogen-bond donors (Lipinski definition) is 3. The molecule has 4 aromatic rings. The van der Waals surface area contributed by atoms with Gasteiger partial charge in [0.25, 0.3) is 5.91 Å². The van der Waals surface area contributed by atoms with Gasteiger partial charge in [0.15, 0.2) is 6.61 Å². The zero-order valence-corrected chi connectivity index (χ0v) is 17.2. The second kappa shape index (κ2) is 8.93. The number of pyridine rings is 1. The Morgan fingerprint density at radius 1 is 1.10 bits per heavy atom. The summed E-state index contributed by atoms with van der Waals surface area (Å²) in [7, 11) is 0. The first-order valence-corrected chi connectivity index (χ1v) is 9.99. The van der Waals surface area contributed by atoms with Gasteiger partial charge in [0.05, 0.1) is 11.1 Å². The third-order valence-corrected chi connectivity index (χ3v) is 5.13. The maximum absolute atomic E-state index is 12.7. The number of halogens is 1. The van der Waals surface area contributed by atoms with Gasteiger partial charge in [0, 0.05) is 22.8 Å². The number of rotatable bonds is 6. The number of aromatic nitrogens is 1. The molecule has 1 amide bonds. The number of nitrogen functional groups attached to an aromatic ring is 1. The number of carbonyl (C=O) groups is 1. The number of nitrogens with zero attached hydrogens (tertiary/aromatic N) is 1. The summed E-state index contributed by atoms with van der Waals surface area (Å²) < 4.78 is 5.55. The number of amides is 1. The minimum absolute atomic E-state index is 0.0586. The summed E-state index contributed by atoms with van der Waals surface area (Å²) in [5, 5.41) is 14.9. The van der Waals surface area contributed by atoms with Crippen molar-refractivity contribution in [2.24, 2.45) is 0 Å². The Morgan fingerprint density at radius 3 is 2.68 bits per heavy atom. The van der Waals surface area contributed by atoms with Crippen molar-refractivity contribution in [3.63, 3.8) is 0 Å². The van der Waals surface area contributed by atoms with E-state index in [4.69, 9.17) is 22.1 Å². The van der Waals surface area contributed by atoms with E-state index in [-0.39, 0.29) is 18.3 Å². The average molecular weight is 434 g/mol. The average Bonchev–Trinajstić information content (AvgIpc) is 2.79. The summed E-state index contributed by atoms with van der Waals surface area (Å²) in [6.07, 6.45) is 1.57. The number of fused-ring (bicyclic) bond motifs is 1. The van der Waals surface area contributed by atoms with Crippen LogP contribution in [-0.2, 0) is 4.79 Å². The van der Waals surface area contributed by atoms with Crippen LogP contribution in [0.25, 0.3) is 10.9 Å². The molecule has 0 fully saturated rings. The Morgan fingerprint density at radius 2 is 1.90 bits per heavy atom. The Labute approximate surface area is 184 Å². The van der Waals surface area contributed by atoms with Gasteiger partial charge in [-0.3, -0.25) is 9.78 Å². The molecule has 0 aliphatic rings. The van der Waals surface area contributed by atoms with Crippen molar-refractivity contribution >= 4 is 34.1 Å². The zero-order valence-electron chi connectivity index (χ0n) is 16.5. The van der Waals surface area contributed by atoms with Gasteiger partial charge in [-0.05, 0) is 48.0 Å². The number of carbonyl (C=O) groups excluding carboxylic acids is 1. The van der Waals surface area contributed by atoms with Gasteiger partial charge in [-0.15, -0.1) is 0 Å². The number of para-hydroxylation sites is 1. The van der Waals surface area contributed by atoms with E-state index in [1.807, 2.05) is 24.3 Å². The molecule has 0 aliphatic carbocycles.